The number of rotatable bonds is 4. The summed E-state index contributed by atoms with van der Waals surface area (Å²) in [7, 11) is 0. The Morgan fingerprint density at radius 1 is 1.29 bits per heavy atom. The Kier molecular flexibility index (Phi) is 5.27. The molecular weight excluding hydrogens is 277 g/mol. The van der Waals surface area contributed by atoms with Gasteiger partial charge in [-0.25, -0.2) is 0 Å². The van der Waals surface area contributed by atoms with Crippen molar-refractivity contribution in [1.82, 2.24) is 10.2 Å². The van der Waals surface area contributed by atoms with Gasteiger partial charge in [0.25, 0.3) is 0 Å². The van der Waals surface area contributed by atoms with Crippen molar-refractivity contribution in [2.24, 2.45) is 5.92 Å². The van der Waals surface area contributed by atoms with Crippen molar-refractivity contribution in [2.45, 2.75) is 39.0 Å². The fraction of sp³-hybridized carbons (Fsp3) is 0.625. The van der Waals surface area contributed by atoms with Gasteiger partial charge in [0, 0.05) is 32.2 Å². The molecule has 1 saturated heterocycles. The first-order valence-electron chi connectivity index (χ1n) is 7.52. The Morgan fingerprint density at radius 2 is 1.95 bits per heavy atom. The number of hydrogen-bond donors (Lipinski definition) is 1. The first-order chi connectivity index (χ1) is 9.90. The zero-order valence-corrected chi connectivity index (χ0v) is 12.6. The van der Waals surface area contributed by atoms with Crippen LogP contribution < -0.4 is 5.32 Å². The highest BCUT2D eigenvalue weighted by Crippen LogP contribution is 2.29. The molecule has 0 amide bonds. The zero-order valence-electron chi connectivity index (χ0n) is 12.6. The summed E-state index contributed by atoms with van der Waals surface area (Å²) in [5.41, 5.74) is 0.358. The minimum Gasteiger partial charge on any atom is -0.311 e. The molecule has 1 heterocycles. The molecule has 0 aliphatic carbocycles. The largest absolute Gasteiger partial charge is 0.416 e. The van der Waals surface area contributed by atoms with Crippen LogP contribution in [-0.2, 0) is 12.7 Å². The second-order valence-electron chi connectivity index (χ2n) is 5.88. The predicted molar refractivity (Wildman–Crippen MR) is 78.0 cm³/mol. The van der Waals surface area contributed by atoms with Crippen LogP contribution in [0.4, 0.5) is 13.2 Å². The maximum Gasteiger partial charge on any atom is 0.416 e. The summed E-state index contributed by atoms with van der Waals surface area (Å²) in [5, 5.41) is 3.52. The first kappa shape index (κ1) is 16.3. The van der Waals surface area contributed by atoms with Gasteiger partial charge in [-0.3, -0.25) is 4.90 Å². The van der Waals surface area contributed by atoms with E-state index in [0.29, 0.717) is 18.5 Å². The fourth-order valence-corrected chi connectivity index (χ4v) is 2.71. The van der Waals surface area contributed by atoms with Gasteiger partial charge in [-0.15, -0.1) is 0 Å². The van der Waals surface area contributed by atoms with E-state index in [0.717, 1.165) is 31.6 Å². The van der Waals surface area contributed by atoms with Gasteiger partial charge in [0.2, 0.25) is 0 Å². The van der Waals surface area contributed by atoms with Crippen molar-refractivity contribution in [3.63, 3.8) is 0 Å². The molecule has 1 aliphatic heterocycles. The summed E-state index contributed by atoms with van der Waals surface area (Å²) < 4.78 is 37.6. The third-order valence-corrected chi connectivity index (χ3v) is 4.31. The number of nitrogens with one attached hydrogen (secondary N) is 1. The zero-order chi connectivity index (χ0) is 15.5. The Balaban J connectivity index is 1.95. The summed E-state index contributed by atoms with van der Waals surface area (Å²) in [4.78, 5) is 2.32. The van der Waals surface area contributed by atoms with Crippen molar-refractivity contribution in [3.8, 4) is 0 Å². The van der Waals surface area contributed by atoms with Gasteiger partial charge in [0.1, 0.15) is 0 Å². The molecule has 0 saturated carbocycles. The van der Waals surface area contributed by atoms with Crippen LogP contribution in [0.15, 0.2) is 24.3 Å². The number of nitrogens with zero attached hydrogens (tertiary/aromatic N) is 1. The highest BCUT2D eigenvalue weighted by Gasteiger charge is 2.30. The van der Waals surface area contributed by atoms with Crippen LogP contribution in [-0.4, -0.2) is 30.6 Å². The van der Waals surface area contributed by atoms with Crippen LogP contribution in [0, 0.1) is 5.92 Å². The summed E-state index contributed by atoms with van der Waals surface area (Å²) in [6.07, 6.45) is -3.12. The minimum absolute atomic E-state index is 0.471. The van der Waals surface area contributed by atoms with E-state index in [-0.39, 0.29) is 0 Å². The quantitative estimate of drug-likeness (QED) is 0.915. The van der Waals surface area contributed by atoms with Crippen molar-refractivity contribution >= 4 is 0 Å². The van der Waals surface area contributed by atoms with Gasteiger partial charge in [-0.1, -0.05) is 32.4 Å². The molecule has 0 radical (unpaired) electrons. The summed E-state index contributed by atoms with van der Waals surface area (Å²) >= 11 is 0. The molecule has 2 nitrogen and oxygen atoms in total. The lowest BCUT2D eigenvalue weighted by molar-refractivity contribution is -0.137. The van der Waals surface area contributed by atoms with Gasteiger partial charge in [0.05, 0.1) is 5.56 Å². The number of halogens is 3. The van der Waals surface area contributed by atoms with Gasteiger partial charge in [-0.2, -0.15) is 13.2 Å². The molecule has 1 aliphatic rings. The van der Waals surface area contributed by atoms with Gasteiger partial charge >= 0.3 is 6.18 Å². The molecule has 21 heavy (non-hydrogen) atoms. The molecule has 1 fully saturated rings. The third-order valence-electron chi connectivity index (χ3n) is 4.31. The van der Waals surface area contributed by atoms with Crippen molar-refractivity contribution < 1.29 is 13.2 Å². The standard InChI is InChI=1S/C16H23F3N2/c1-3-12(2)15-11-21(9-8-20-15)10-13-4-6-14(7-5-13)16(17,18)19/h4-7,12,15,20H,3,8-11H2,1-2H3. The summed E-state index contributed by atoms with van der Waals surface area (Å²) in [6, 6.07) is 5.98. The molecule has 0 spiro atoms. The number of alkyl halides is 3. The van der Waals surface area contributed by atoms with Crippen molar-refractivity contribution in [1.29, 1.82) is 0 Å². The minimum atomic E-state index is -4.25. The highest BCUT2D eigenvalue weighted by atomic mass is 19.4. The van der Waals surface area contributed by atoms with E-state index < -0.39 is 11.7 Å². The van der Waals surface area contributed by atoms with Gasteiger partial charge in [0.15, 0.2) is 0 Å². The van der Waals surface area contributed by atoms with E-state index in [4.69, 9.17) is 0 Å². The molecule has 2 rings (SSSR count). The second kappa shape index (κ2) is 6.79. The maximum absolute atomic E-state index is 12.5. The predicted octanol–water partition coefficient (Wildman–Crippen LogP) is 3.53. The van der Waals surface area contributed by atoms with Crippen LogP contribution in [0.5, 0.6) is 0 Å². The van der Waals surface area contributed by atoms with E-state index in [1.54, 1.807) is 12.1 Å². The highest BCUT2D eigenvalue weighted by molar-refractivity contribution is 5.24. The SMILES string of the molecule is CCC(C)C1CN(Cc2ccc(C(F)(F)F)cc2)CCN1. The van der Waals surface area contributed by atoms with E-state index in [2.05, 4.69) is 24.1 Å². The average Bonchev–Trinajstić information content (AvgIpc) is 2.46. The molecule has 1 aromatic rings. The normalized spacial score (nSPS) is 22.2. The Bertz CT molecular complexity index is 442. The maximum atomic E-state index is 12.5. The molecule has 5 heteroatoms. The fourth-order valence-electron chi connectivity index (χ4n) is 2.71. The van der Waals surface area contributed by atoms with E-state index in [1.165, 1.54) is 12.1 Å². The van der Waals surface area contributed by atoms with Crippen LogP contribution in [0.2, 0.25) is 0 Å². The van der Waals surface area contributed by atoms with Crippen LogP contribution in [0.3, 0.4) is 0 Å². The Morgan fingerprint density at radius 3 is 2.52 bits per heavy atom. The molecule has 118 valence electrons. The van der Waals surface area contributed by atoms with E-state index >= 15 is 0 Å². The first-order valence-corrected chi connectivity index (χ1v) is 7.52. The Hall–Kier alpha value is -1.07. The second-order valence-corrected chi connectivity index (χ2v) is 5.88. The molecule has 0 bridgehead atoms. The van der Waals surface area contributed by atoms with Crippen LogP contribution >= 0.6 is 0 Å². The summed E-state index contributed by atoms with van der Waals surface area (Å²) in [6.45, 7) is 7.97. The van der Waals surface area contributed by atoms with Gasteiger partial charge < -0.3 is 5.32 Å². The topological polar surface area (TPSA) is 15.3 Å². The number of benzene rings is 1. The number of hydrogen-bond acceptors (Lipinski definition) is 2. The smallest absolute Gasteiger partial charge is 0.311 e. The van der Waals surface area contributed by atoms with Crippen LogP contribution in [0.1, 0.15) is 31.4 Å². The van der Waals surface area contributed by atoms with Crippen LogP contribution in [0.25, 0.3) is 0 Å². The lowest BCUT2D eigenvalue weighted by Crippen LogP contribution is -2.52. The molecule has 1 aromatic carbocycles. The Labute approximate surface area is 124 Å². The molecule has 1 N–H and O–H groups in total. The molecule has 2 unspecified atom stereocenters. The molecular formula is C16H23F3N2. The van der Waals surface area contributed by atoms with E-state index in [1.807, 2.05) is 0 Å². The number of piperazine rings is 1. The third kappa shape index (κ3) is 4.45. The molecule has 2 atom stereocenters. The summed E-state index contributed by atoms with van der Waals surface area (Å²) in [5.74, 6) is 0.611. The van der Waals surface area contributed by atoms with E-state index in [9.17, 15) is 13.2 Å². The van der Waals surface area contributed by atoms with Gasteiger partial charge in [-0.05, 0) is 23.6 Å². The van der Waals surface area contributed by atoms with Crippen molar-refractivity contribution in [2.75, 3.05) is 19.6 Å². The monoisotopic (exact) mass is 300 g/mol. The lowest BCUT2D eigenvalue weighted by Gasteiger charge is -2.36. The average molecular weight is 300 g/mol. The van der Waals surface area contributed by atoms with Crippen molar-refractivity contribution in [3.05, 3.63) is 35.4 Å². The lowest BCUT2D eigenvalue weighted by atomic mass is 9.97. The molecule has 0 aromatic heterocycles.